The van der Waals surface area contributed by atoms with E-state index in [0.29, 0.717) is 11.5 Å². The molecule has 1 N–H and O–H groups in total. The largest absolute Gasteiger partial charge is 0.372 e. The van der Waals surface area contributed by atoms with Gasteiger partial charge in [0.25, 0.3) is 0 Å². The number of ether oxygens (including phenoxy) is 1. The fourth-order valence-electron chi connectivity index (χ4n) is 2.65. The van der Waals surface area contributed by atoms with E-state index in [1.54, 1.807) is 0 Å². The Morgan fingerprint density at radius 1 is 1.21 bits per heavy atom. The lowest BCUT2D eigenvalue weighted by Crippen LogP contribution is -2.26. The predicted octanol–water partition coefficient (Wildman–Crippen LogP) is 4.19. The van der Waals surface area contributed by atoms with Gasteiger partial charge in [0, 0.05) is 6.04 Å². The summed E-state index contributed by atoms with van der Waals surface area (Å²) in [6.45, 7) is 11.8. The van der Waals surface area contributed by atoms with Crippen molar-refractivity contribution in [2.45, 2.75) is 59.8 Å². The molecule has 0 radical (unpaired) electrons. The van der Waals surface area contributed by atoms with Crippen molar-refractivity contribution in [3.8, 4) is 0 Å². The SMILES string of the molecule is CCCNC(CC(C)(C)C)c1ccc2c(c1)COC2. The molecule has 0 saturated carbocycles. The van der Waals surface area contributed by atoms with Gasteiger partial charge in [0.05, 0.1) is 13.2 Å². The molecule has 19 heavy (non-hydrogen) atoms. The maximum atomic E-state index is 5.51. The van der Waals surface area contributed by atoms with Gasteiger partial charge in [-0.25, -0.2) is 0 Å². The van der Waals surface area contributed by atoms with E-state index in [4.69, 9.17) is 4.74 Å². The highest BCUT2D eigenvalue weighted by Gasteiger charge is 2.21. The van der Waals surface area contributed by atoms with Crippen molar-refractivity contribution in [2.75, 3.05) is 6.54 Å². The molecule has 0 aliphatic carbocycles. The number of hydrogen-bond acceptors (Lipinski definition) is 2. The maximum Gasteiger partial charge on any atom is 0.0725 e. The lowest BCUT2D eigenvalue weighted by Gasteiger charge is -2.27. The van der Waals surface area contributed by atoms with E-state index in [0.717, 1.165) is 26.2 Å². The van der Waals surface area contributed by atoms with E-state index in [-0.39, 0.29) is 0 Å². The molecule has 1 aliphatic heterocycles. The Kier molecular flexibility index (Phi) is 4.64. The zero-order valence-electron chi connectivity index (χ0n) is 12.8. The minimum absolute atomic E-state index is 0.334. The molecule has 0 saturated heterocycles. The second-order valence-electron chi connectivity index (χ2n) is 6.79. The minimum atomic E-state index is 0.334. The van der Waals surface area contributed by atoms with Crippen LogP contribution < -0.4 is 5.32 Å². The van der Waals surface area contributed by atoms with Crippen LogP contribution in [-0.2, 0) is 18.0 Å². The van der Waals surface area contributed by atoms with Crippen LogP contribution in [0.1, 0.15) is 63.3 Å². The molecule has 0 aromatic heterocycles. The molecule has 2 heteroatoms. The molecular weight excluding hydrogens is 234 g/mol. The first-order chi connectivity index (χ1) is 8.99. The van der Waals surface area contributed by atoms with E-state index in [2.05, 4.69) is 51.2 Å². The van der Waals surface area contributed by atoms with Crippen molar-refractivity contribution < 1.29 is 4.74 Å². The van der Waals surface area contributed by atoms with Crippen molar-refractivity contribution in [3.05, 3.63) is 34.9 Å². The Labute approximate surface area is 117 Å². The van der Waals surface area contributed by atoms with Gasteiger partial charge in [-0.3, -0.25) is 0 Å². The third-order valence-corrected chi connectivity index (χ3v) is 3.61. The molecule has 1 aliphatic rings. The first kappa shape index (κ1) is 14.5. The summed E-state index contributed by atoms with van der Waals surface area (Å²) in [5.41, 5.74) is 4.47. The van der Waals surface area contributed by atoms with Crippen molar-refractivity contribution in [1.82, 2.24) is 5.32 Å². The van der Waals surface area contributed by atoms with E-state index < -0.39 is 0 Å². The van der Waals surface area contributed by atoms with Crippen LogP contribution >= 0.6 is 0 Å². The summed E-state index contributed by atoms with van der Waals surface area (Å²) >= 11 is 0. The van der Waals surface area contributed by atoms with Crippen LogP contribution in [0.4, 0.5) is 0 Å². The van der Waals surface area contributed by atoms with Crippen LogP contribution in [-0.4, -0.2) is 6.54 Å². The Morgan fingerprint density at radius 3 is 2.63 bits per heavy atom. The summed E-state index contributed by atoms with van der Waals surface area (Å²) in [5, 5.41) is 3.69. The van der Waals surface area contributed by atoms with Crippen molar-refractivity contribution >= 4 is 0 Å². The summed E-state index contributed by atoms with van der Waals surface area (Å²) in [7, 11) is 0. The molecule has 1 heterocycles. The number of fused-ring (bicyclic) bond motifs is 1. The van der Waals surface area contributed by atoms with Crippen molar-refractivity contribution in [3.63, 3.8) is 0 Å². The molecule has 106 valence electrons. The van der Waals surface area contributed by atoms with E-state index in [1.807, 2.05) is 0 Å². The van der Waals surface area contributed by atoms with Crippen molar-refractivity contribution in [2.24, 2.45) is 5.41 Å². The summed E-state index contributed by atoms with van der Waals surface area (Å²) in [6, 6.07) is 7.29. The van der Waals surface area contributed by atoms with Gasteiger partial charge < -0.3 is 10.1 Å². The van der Waals surface area contributed by atoms with Gasteiger partial charge in [0.15, 0.2) is 0 Å². The van der Waals surface area contributed by atoms with Crippen LogP contribution in [0.25, 0.3) is 0 Å². The average molecular weight is 261 g/mol. The Morgan fingerprint density at radius 2 is 1.95 bits per heavy atom. The normalized spacial score (nSPS) is 16.4. The number of hydrogen-bond donors (Lipinski definition) is 1. The molecule has 1 unspecified atom stereocenters. The highest BCUT2D eigenvalue weighted by atomic mass is 16.5. The molecule has 1 aromatic carbocycles. The average Bonchev–Trinajstić information content (AvgIpc) is 2.80. The Hall–Kier alpha value is -0.860. The smallest absolute Gasteiger partial charge is 0.0725 e. The summed E-state index contributed by atoms with van der Waals surface area (Å²) < 4.78 is 5.51. The van der Waals surface area contributed by atoms with E-state index >= 15 is 0 Å². The molecular formula is C17H27NO. The van der Waals surface area contributed by atoms with Crippen molar-refractivity contribution in [1.29, 1.82) is 0 Å². The second-order valence-corrected chi connectivity index (χ2v) is 6.79. The molecule has 2 nitrogen and oxygen atoms in total. The van der Waals surface area contributed by atoms with Gasteiger partial charge in [-0.15, -0.1) is 0 Å². The summed E-state index contributed by atoms with van der Waals surface area (Å²) in [4.78, 5) is 0. The van der Waals surface area contributed by atoms with Crippen LogP contribution in [0.2, 0.25) is 0 Å². The van der Waals surface area contributed by atoms with Gasteiger partial charge in [-0.05, 0) is 41.5 Å². The highest BCUT2D eigenvalue weighted by Crippen LogP contribution is 2.31. The molecule has 0 amide bonds. The first-order valence-corrected chi connectivity index (χ1v) is 7.42. The van der Waals surface area contributed by atoms with E-state index in [1.165, 1.54) is 23.1 Å². The minimum Gasteiger partial charge on any atom is -0.372 e. The Balaban J connectivity index is 2.17. The second kappa shape index (κ2) is 6.06. The summed E-state index contributed by atoms with van der Waals surface area (Å²) in [6.07, 6.45) is 2.33. The third kappa shape index (κ3) is 4.05. The van der Waals surface area contributed by atoms with Gasteiger partial charge in [0.2, 0.25) is 0 Å². The monoisotopic (exact) mass is 261 g/mol. The number of nitrogens with one attached hydrogen (secondary N) is 1. The van der Waals surface area contributed by atoms with Crippen LogP contribution in [0.3, 0.4) is 0 Å². The van der Waals surface area contributed by atoms with Gasteiger partial charge in [-0.2, -0.15) is 0 Å². The lowest BCUT2D eigenvalue weighted by atomic mass is 9.85. The topological polar surface area (TPSA) is 21.3 Å². The molecule has 1 aromatic rings. The summed E-state index contributed by atoms with van der Waals surface area (Å²) in [5.74, 6) is 0. The third-order valence-electron chi connectivity index (χ3n) is 3.61. The standard InChI is InChI=1S/C17H27NO/c1-5-8-18-16(10-17(2,3)4)13-6-7-14-11-19-12-15(14)9-13/h6-7,9,16,18H,5,8,10-12H2,1-4H3. The number of rotatable bonds is 5. The quantitative estimate of drug-likeness (QED) is 0.858. The predicted molar refractivity (Wildman–Crippen MR) is 80.0 cm³/mol. The first-order valence-electron chi connectivity index (χ1n) is 7.42. The zero-order valence-corrected chi connectivity index (χ0v) is 12.8. The zero-order chi connectivity index (χ0) is 13.9. The fourth-order valence-corrected chi connectivity index (χ4v) is 2.65. The molecule has 0 fully saturated rings. The van der Waals surface area contributed by atoms with Gasteiger partial charge in [-0.1, -0.05) is 45.9 Å². The lowest BCUT2D eigenvalue weighted by molar-refractivity contribution is 0.134. The maximum absolute atomic E-state index is 5.51. The van der Waals surface area contributed by atoms with Gasteiger partial charge >= 0.3 is 0 Å². The van der Waals surface area contributed by atoms with Crippen LogP contribution in [0.5, 0.6) is 0 Å². The molecule has 1 atom stereocenters. The highest BCUT2D eigenvalue weighted by molar-refractivity contribution is 5.34. The molecule has 0 spiro atoms. The van der Waals surface area contributed by atoms with E-state index in [9.17, 15) is 0 Å². The van der Waals surface area contributed by atoms with Gasteiger partial charge in [0.1, 0.15) is 0 Å². The molecule has 2 rings (SSSR count). The fraction of sp³-hybridized carbons (Fsp3) is 0.647. The number of benzene rings is 1. The van der Waals surface area contributed by atoms with Crippen LogP contribution in [0, 0.1) is 5.41 Å². The van der Waals surface area contributed by atoms with Crippen LogP contribution in [0.15, 0.2) is 18.2 Å². The Bertz CT molecular complexity index is 420. The molecule has 0 bridgehead atoms.